The van der Waals surface area contributed by atoms with Crippen LogP contribution in [-0.2, 0) is 19.5 Å². The number of nitrogens with zero attached hydrogens (tertiary/aromatic N) is 2. The van der Waals surface area contributed by atoms with Crippen LogP contribution in [0.2, 0.25) is 0 Å². The van der Waals surface area contributed by atoms with Crippen molar-refractivity contribution in [2.45, 2.75) is 25.4 Å². The molecule has 3 rings (SSSR count). The number of rotatable bonds is 6. The van der Waals surface area contributed by atoms with Crippen LogP contribution in [0.5, 0.6) is 5.75 Å². The molecule has 2 aliphatic heterocycles. The Morgan fingerprint density at radius 1 is 1.36 bits per heavy atom. The second kappa shape index (κ2) is 6.17. The van der Waals surface area contributed by atoms with Gasteiger partial charge in [0.05, 0.1) is 13.2 Å². The van der Waals surface area contributed by atoms with Crippen molar-refractivity contribution in [3.63, 3.8) is 0 Å². The maximum atomic E-state index is 12.4. The van der Waals surface area contributed by atoms with Crippen LogP contribution in [0.25, 0.3) is 0 Å². The zero-order valence-electron chi connectivity index (χ0n) is 13.2. The third-order valence-electron chi connectivity index (χ3n) is 3.99. The van der Waals surface area contributed by atoms with Crippen LogP contribution >= 0.6 is 0 Å². The highest BCUT2D eigenvalue weighted by atomic mass is 32.3. The van der Waals surface area contributed by atoms with Gasteiger partial charge in [0.25, 0.3) is 0 Å². The van der Waals surface area contributed by atoms with Gasteiger partial charge in [-0.1, -0.05) is 13.0 Å². The smallest absolute Gasteiger partial charge is 0.418 e. The highest BCUT2D eigenvalue weighted by Gasteiger charge is 2.52. The van der Waals surface area contributed by atoms with E-state index in [4.69, 9.17) is 9.29 Å². The standard InChI is InChI=1S/C14H16N2O8S/c1-2-5-23-8-3-4-9-10(6-8)11-7-15(12(9)13(17)18)14(19)16(11)24-25(20,21)22/h3-4,6,11-12H,2,5,7H2,1H3,(H,17,18)(H,20,21,22)/t11-,12-/m1/s1. The van der Waals surface area contributed by atoms with E-state index in [9.17, 15) is 23.1 Å². The first-order valence-electron chi connectivity index (χ1n) is 7.49. The molecule has 1 fully saturated rings. The van der Waals surface area contributed by atoms with E-state index in [-0.39, 0.29) is 6.54 Å². The van der Waals surface area contributed by atoms with Gasteiger partial charge in [-0.25, -0.2) is 9.59 Å². The number of aliphatic carboxylic acids is 1. The number of carbonyl (C=O) groups is 2. The van der Waals surface area contributed by atoms with E-state index in [1.54, 1.807) is 12.1 Å². The number of ether oxygens (including phenoxy) is 1. The molecule has 0 aromatic heterocycles. The lowest BCUT2D eigenvalue weighted by atomic mass is 9.91. The summed E-state index contributed by atoms with van der Waals surface area (Å²) < 4.78 is 40.9. The van der Waals surface area contributed by atoms with E-state index in [1.807, 2.05) is 6.92 Å². The van der Waals surface area contributed by atoms with E-state index in [0.29, 0.717) is 28.5 Å². The lowest BCUT2D eigenvalue weighted by Gasteiger charge is -2.30. The molecule has 2 N–H and O–H groups in total. The van der Waals surface area contributed by atoms with Crippen LogP contribution in [0, 0.1) is 0 Å². The number of carboxylic acids is 1. The Balaban J connectivity index is 2.07. The molecule has 1 aromatic carbocycles. The van der Waals surface area contributed by atoms with Crippen molar-refractivity contribution in [1.82, 2.24) is 9.96 Å². The number of hydroxylamine groups is 2. The van der Waals surface area contributed by atoms with Crippen LogP contribution in [0.1, 0.15) is 36.6 Å². The largest absolute Gasteiger partial charge is 0.494 e. The zero-order valence-corrected chi connectivity index (χ0v) is 14.0. The average Bonchev–Trinajstić information content (AvgIpc) is 2.78. The van der Waals surface area contributed by atoms with Crippen molar-refractivity contribution < 1.29 is 36.7 Å². The molecule has 25 heavy (non-hydrogen) atoms. The number of carbonyl (C=O) groups excluding carboxylic acids is 1. The van der Waals surface area contributed by atoms with Crippen LogP contribution in [0.15, 0.2) is 18.2 Å². The van der Waals surface area contributed by atoms with Gasteiger partial charge in [-0.05, 0) is 29.7 Å². The maximum Gasteiger partial charge on any atom is 0.418 e. The molecule has 0 radical (unpaired) electrons. The molecule has 2 bridgehead atoms. The molecule has 0 saturated carbocycles. The molecule has 10 nitrogen and oxygen atoms in total. The topological polar surface area (TPSA) is 134 Å². The summed E-state index contributed by atoms with van der Waals surface area (Å²) in [6.07, 6.45) is 0.766. The summed E-state index contributed by atoms with van der Waals surface area (Å²) in [7, 11) is -4.94. The predicted octanol–water partition coefficient (Wildman–Crippen LogP) is 1.13. The normalized spacial score (nSPS) is 22.1. The summed E-state index contributed by atoms with van der Waals surface area (Å²) in [4.78, 5) is 25.0. The highest BCUT2D eigenvalue weighted by Crippen LogP contribution is 2.45. The summed E-state index contributed by atoms with van der Waals surface area (Å²) >= 11 is 0. The monoisotopic (exact) mass is 372 g/mol. The van der Waals surface area contributed by atoms with Gasteiger partial charge >= 0.3 is 22.4 Å². The Labute approximate surface area is 143 Å². The summed E-state index contributed by atoms with van der Waals surface area (Å²) in [6.45, 7) is 2.28. The van der Waals surface area contributed by atoms with E-state index in [2.05, 4.69) is 4.28 Å². The number of amides is 2. The van der Waals surface area contributed by atoms with Gasteiger partial charge in [0.15, 0.2) is 6.04 Å². The third-order valence-corrected chi connectivity index (χ3v) is 4.34. The van der Waals surface area contributed by atoms with Crippen LogP contribution in [0.3, 0.4) is 0 Å². The van der Waals surface area contributed by atoms with Gasteiger partial charge in [0.1, 0.15) is 11.8 Å². The maximum absolute atomic E-state index is 12.4. The molecule has 1 aromatic rings. The number of fused-ring (bicyclic) bond motifs is 4. The van der Waals surface area contributed by atoms with Gasteiger partial charge in [0.2, 0.25) is 0 Å². The first-order valence-corrected chi connectivity index (χ1v) is 8.85. The molecule has 2 heterocycles. The van der Waals surface area contributed by atoms with Crippen LogP contribution in [0.4, 0.5) is 4.79 Å². The average molecular weight is 372 g/mol. The fraction of sp³-hybridized carbons (Fsp3) is 0.429. The first kappa shape index (κ1) is 17.5. The summed E-state index contributed by atoms with van der Waals surface area (Å²) in [6, 6.07) is 1.56. The number of urea groups is 1. The quantitative estimate of drug-likeness (QED) is 0.710. The van der Waals surface area contributed by atoms with E-state index < -0.39 is 34.5 Å². The molecule has 1 saturated heterocycles. The number of hydrogen-bond acceptors (Lipinski definition) is 6. The molecule has 136 valence electrons. The van der Waals surface area contributed by atoms with Gasteiger partial charge < -0.3 is 14.7 Å². The van der Waals surface area contributed by atoms with Crippen molar-refractivity contribution in [1.29, 1.82) is 0 Å². The highest BCUT2D eigenvalue weighted by molar-refractivity contribution is 7.80. The van der Waals surface area contributed by atoms with E-state index in [0.717, 1.165) is 11.3 Å². The molecule has 0 aliphatic carbocycles. The number of benzene rings is 1. The van der Waals surface area contributed by atoms with Gasteiger partial charge in [-0.15, -0.1) is 4.28 Å². The summed E-state index contributed by atoms with van der Waals surface area (Å²) in [5, 5.41) is 9.97. The van der Waals surface area contributed by atoms with Crippen molar-refractivity contribution >= 4 is 22.4 Å². The zero-order chi connectivity index (χ0) is 18.4. The second-order valence-electron chi connectivity index (χ2n) is 5.66. The fourth-order valence-corrected chi connectivity index (χ4v) is 3.43. The van der Waals surface area contributed by atoms with Crippen molar-refractivity contribution in [3.8, 4) is 5.75 Å². The van der Waals surface area contributed by atoms with Gasteiger partial charge in [0, 0.05) is 0 Å². The second-order valence-corrected chi connectivity index (χ2v) is 6.66. The Morgan fingerprint density at radius 2 is 2.08 bits per heavy atom. The summed E-state index contributed by atoms with van der Waals surface area (Å²) in [5.41, 5.74) is 0.731. The molecule has 2 amide bonds. The molecule has 0 unspecified atom stereocenters. The third kappa shape index (κ3) is 3.13. The first-order chi connectivity index (χ1) is 11.7. The Kier molecular flexibility index (Phi) is 4.31. The predicted molar refractivity (Wildman–Crippen MR) is 81.9 cm³/mol. The SMILES string of the molecule is CCCOc1ccc2c(c1)[C@H]1CN(C(=O)N1OS(=O)(=O)O)[C@H]2C(=O)O. The Hall–Kier alpha value is -2.37. The van der Waals surface area contributed by atoms with E-state index in [1.165, 1.54) is 6.07 Å². The minimum absolute atomic E-state index is 0.0877. The fourth-order valence-electron chi connectivity index (χ4n) is 3.06. The van der Waals surface area contributed by atoms with Crippen molar-refractivity contribution in [2.75, 3.05) is 13.2 Å². The van der Waals surface area contributed by atoms with Crippen LogP contribution in [-0.4, -0.2) is 53.2 Å². The molecule has 2 atom stereocenters. The van der Waals surface area contributed by atoms with E-state index >= 15 is 0 Å². The molecule has 0 spiro atoms. The summed E-state index contributed by atoms with van der Waals surface area (Å²) in [5.74, 6) is -0.798. The van der Waals surface area contributed by atoms with Crippen molar-refractivity contribution in [3.05, 3.63) is 29.3 Å². The lowest BCUT2D eigenvalue weighted by molar-refractivity contribution is -0.142. The molecule has 11 heteroatoms. The minimum atomic E-state index is -4.94. The lowest BCUT2D eigenvalue weighted by Crippen LogP contribution is -2.38. The number of hydrogen-bond donors (Lipinski definition) is 2. The van der Waals surface area contributed by atoms with Gasteiger partial charge in [-0.2, -0.15) is 13.5 Å². The number of carboxylic acid groups (broad SMARTS) is 1. The molecule has 2 aliphatic rings. The Morgan fingerprint density at radius 3 is 2.68 bits per heavy atom. The Bertz CT molecular complexity index is 824. The molecular formula is C14H16N2O8S. The van der Waals surface area contributed by atoms with Gasteiger partial charge in [-0.3, -0.25) is 4.55 Å². The minimum Gasteiger partial charge on any atom is -0.494 e. The van der Waals surface area contributed by atoms with Crippen LogP contribution < -0.4 is 4.74 Å². The molecular weight excluding hydrogens is 356 g/mol. The van der Waals surface area contributed by atoms with Crippen molar-refractivity contribution in [2.24, 2.45) is 0 Å².